The van der Waals surface area contributed by atoms with Crippen LogP contribution in [-0.2, 0) is 10.0 Å². The summed E-state index contributed by atoms with van der Waals surface area (Å²) in [5, 5.41) is 0.498. The van der Waals surface area contributed by atoms with Gasteiger partial charge in [-0.05, 0) is 61.9 Å². The quantitative estimate of drug-likeness (QED) is 0.430. The Balaban J connectivity index is 1.95. The van der Waals surface area contributed by atoms with Gasteiger partial charge >= 0.3 is 0 Å². The Morgan fingerprint density at radius 1 is 0.970 bits per heavy atom. The second kappa shape index (κ2) is 8.80. The van der Waals surface area contributed by atoms with Gasteiger partial charge in [0.15, 0.2) is 0 Å². The SMILES string of the molecule is COc1ccc(-n2c(C(C)N(C)S(=O)(=O)c3ccccc3)nc3cccc(C)c3c2=O)cc1. The molecule has 170 valence electrons. The fourth-order valence-corrected chi connectivity index (χ4v) is 5.15. The molecular formula is C25H25N3O4S. The molecule has 0 fully saturated rings. The van der Waals surface area contributed by atoms with E-state index in [9.17, 15) is 13.2 Å². The van der Waals surface area contributed by atoms with Gasteiger partial charge in [0, 0.05) is 7.05 Å². The third-order valence-corrected chi connectivity index (χ3v) is 7.74. The predicted octanol–water partition coefficient (Wildman–Crippen LogP) is 4.08. The first-order chi connectivity index (χ1) is 15.8. The summed E-state index contributed by atoms with van der Waals surface area (Å²) in [5.41, 5.74) is 1.65. The molecule has 0 radical (unpaired) electrons. The van der Waals surface area contributed by atoms with Crippen LogP contribution in [0.2, 0.25) is 0 Å². The Kier molecular flexibility index (Phi) is 6.05. The molecule has 0 aliphatic rings. The topological polar surface area (TPSA) is 81.5 Å². The highest BCUT2D eigenvalue weighted by molar-refractivity contribution is 7.89. The maximum Gasteiger partial charge on any atom is 0.266 e. The maximum atomic E-state index is 13.7. The lowest BCUT2D eigenvalue weighted by Crippen LogP contribution is -2.35. The molecule has 8 heteroatoms. The molecule has 1 aromatic heterocycles. The molecule has 33 heavy (non-hydrogen) atoms. The van der Waals surface area contributed by atoms with Crippen LogP contribution in [0.4, 0.5) is 0 Å². The van der Waals surface area contributed by atoms with Crippen molar-refractivity contribution in [3.63, 3.8) is 0 Å². The summed E-state index contributed by atoms with van der Waals surface area (Å²) in [5.74, 6) is 0.973. The van der Waals surface area contributed by atoms with Crippen molar-refractivity contribution in [3.8, 4) is 11.4 Å². The first-order valence-corrected chi connectivity index (χ1v) is 11.9. The van der Waals surface area contributed by atoms with Gasteiger partial charge in [0.25, 0.3) is 5.56 Å². The zero-order valence-corrected chi connectivity index (χ0v) is 19.7. The van der Waals surface area contributed by atoms with Crippen LogP contribution in [-0.4, -0.2) is 36.4 Å². The molecule has 1 atom stereocenters. The van der Waals surface area contributed by atoms with Gasteiger partial charge in [-0.15, -0.1) is 0 Å². The molecule has 0 N–H and O–H groups in total. The molecule has 0 bridgehead atoms. The molecular weight excluding hydrogens is 438 g/mol. The lowest BCUT2D eigenvalue weighted by molar-refractivity contribution is 0.379. The van der Waals surface area contributed by atoms with Crippen LogP contribution in [0.1, 0.15) is 24.4 Å². The van der Waals surface area contributed by atoms with Crippen molar-refractivity contribution >= 4 is 20.9 Å². The second-order valence-electron chi connectivity index (χ2n) is 7.79. The maximum absolute atomic E-state index is 13.7. The number of benzene rings is 3. The van der Waals surface area contributed by atoms with E-state index in [1.165, 1.54) is 15.9 Å². The van der Waals surface area contributed by atoms with Crippen molar-refractivity contribution in [1.29, 1.82) is 0 Å². The van der Waals surface area contributed by atoms with Crippen LogP contribution in [0.15, 0.2) is 82.5 Å². The van der Waals surface area contributed by atoms with Gasteiger partial charge in [0.2, 0.25) is 10.0 Å². The van der Waals surface area contributed by atoms with E-state index in [-0.39, 0.29) is 10.5 Å². The zero-order valence-electron chi connectivity index (χ0n) is 18.9. The second-order valence-corrected chi connectivity index (χ2v) is 9.79. The Morgan fingerprint density at radius 2 is 1.64 bits per heavy atom. The van der Waals surface area contributed by atoms with Crippen molar-refractivity contribution in [2.45, 2.75) is 24.8 Å². The number of hydrogen-bond acceptors (Lipinski definition) is 5. The first-order valence-electron chi connectivity index (χ1n) is 10.5. The molecule has 0 amide bonds. The average molecular weight is 464 g/mol. The summed E-state index contributed by atoms with van der Waals surface area (Å²) in [6.07, 6.45) is 0. The van der Waals surface area contributed by atoms with E-state index >= 15 is 0 Å². The molecule has 4 rings (SSSR count). The van der Waals surface area contributed by atoms with Gasteiger partial charge in [0.1, 0.15) is 11.6 Å². The Bertz CT molecular complexity index is 1460. The number of ether oxygens (including phenoxy) is 1. The number of methoxy groups -OCH3 is 1. The summed E-state index contributed by atoms with van der Waals surface area (Å²) in [4.78, 5) is 18.6. The third kappa shape index (κ3) is 4.03. The summed E-state index contributed by atoms with van der Waals surface area (Å²) in [6, 6.07) is 20.0. The zero-order chi connectivity index (χ0) is 23.8. The Labute approximate surface area is 192 Å². The number of sulfonamides is 1. The van der Waals surface area contributed by atoms with Crippen molar-refractivity contribution in [3.05, 3.63) is 94.5 Å². The van der Waals surface area contributed by atoms with Crippen molar-refractivity contribution < 1.29 is 13.2 Å². The van der Waals surface area contributed by atoms with Crippen LogP contribution in [0, 0.1) is 6.92 Å². The highest BCUT2D eigenvalue weighted by Crippen LogP contribution is 2.27. The third-order valence-electron chi connectivity index (χ3n) is 5.80. The Hall–Kier alpha value is -3.49. The van der Waals surface area contributed by atoms with Crippen molar-refractivity contribution in [2.24, 2.45) is 0 Å². The minimum absolute atomic E-state index is 0.175. The van der Waals surface area contributed by atoms with Gasteiger partial charge in [-0.3, -0.25) is 9.36 Å². The van der Waals surface area contributed by atoms with Gasteiger partial charge in [-0.25, -0.2) is 13.4 Å². The summed E-state index contributed by atoms with van der Waals surface area (Å²) >= 11 is 0. The van der Waals surface area contributed by atoms with Crippen LogP contribution in [0.25, 0.3) is 16.6 Å². The van der Waals surface area contributed by atoms with Crippen LogP contribution >= 0.6 is 0 Å². The molecule has 1 heterocycles. The van der Waals surface area contributed by atoms with Crippen LogP contribution < -0.4 is 10.3 Å². The van der Waals surface area contributed by atoms with Gasteiger partial charge < -0.3 is 4.74 Å². The molecule has 0 spiro atoms. The van der Waals surface area contributed by atoms with Crippen molar-refractivity contribution in [2.75, 3.05) is 14.2 Å². The summed E-state index contributed by atoms with van der Waals surface area (Å²) < 4.78 is 34.5. The normalized spacial score (nSPS) is 12.8. The smallest absolute Gasteiger partial charge is 0.266 e. The van der Waals surface area contributed by atoms with E-state index < -0.39 is 16.1 Å². The van der Waals surface area contributed by atoms with E-state index in [4.69, 9.17) is 9.72 Å². The molecule has 7 nitrogen and oxygen atoms in total. The molecule has 0 aliphatic heterocycles. The number of hydrogen-bond donors (Lipinski definition) is 0. The van der Waals surface area contributed by atoms with Gasteiger partial charge in [-0.1, -0.05) is 30.3 Å². The van der Waals surface area contributed by atoms with Crippen LogP contribution in [0.3, 0.4) is 0 Å². The summed E-state index contributed by atoms with van der Waals surface area (Å²) in [6.45, 7) is 3.59. The van der Waals surface area contributed by atoms with Gasteiger partial charge in [-0.2, -0.15) is 4.31 Å². The molecule has 0 saturated carbocycles. The monoisotopic (exact) mass is 463 g/mol. The van der Waals surface area contributed by atoms with E-state index in [1.54, 1.807) is 74.7 Å². The van der Waals surface area contributed by atoms with Crippen molar-refractivity contribution in [1.82, 2.24) is 13.9 Å². The van der Waals surface area contributed by atoms with E-state index in [2.05, 4.69) is 0 Å². The number of nitrogens with zero attached hydrogens (tertiary/aromatic N) is 3. The number of fused-ring (bicyclic) bond motifs is 1. The molecule has 1 unspecified atom stereocenters. The average Bonchev–Trinajstić information content (AvgIpc) is 2.83. The number of aryl methyl sites for hydroxylation is 1. The minimum Gasteiger partial charge on any atom is -0.497 e. The van der Waals surface area contributed by atoms with E-state index in [0.29, 0.717) is 28.2 Å². The number of rotatable bonds is 6. The number of aromatic nitrogens is 2. The van der Waals surface area contributed by atoms with E-state index in [1.807, 2.05) is 19.1 Å². The largest absolute Gasteiger partial charge is 0.497 e. The van der Waals surface area contributed by atoms with Crippen LogP contribution in [0.5, 0.6) is 5.75 Å². The highest BCUT2D eigenvalue weighted by atomic mass is 32.2. The lowest BCUT2D eigenvalue weighted by atomic mass is 10.1. The predicted molar refractivity (Wildman–Crippen MR) is 128 cm³/mol. The summed E-state index contributed by atoms with van der Waals surface area (Å²) in [7, 11) is -0.746. The molecule has 4 aromatic rings. The lowest BCUT2D eigenvalue weighted by Gasteiger charge is -2.26. The highest BCUT2D eigenvalue weighted by Gasteiger charge is 2.30. The minimum atomic E-state index is -3.81. The van der Waals surface area contributed by atoms with Gasteiger partial charge in [0.05, 0.1) is 34.6 Å². The first kappa shape index (κ1) is 22.7. The molecule has 0 aliphatic carbocycles. The molecule has 3 aromatic carbocycles. The standard InChI is InChI=1S/C25H25N3O4S/c1-17-9-8-12-22-23(17)25(29)28(19-13-15-20(32-4)16-14-19)24(26-22)18(2)27(3)33(30,31)21-10-6-5-7-11-21/h5-16,18H,1-4H3. The fourth-order valence-electron chi connectivity index (χ4n) is 3.80. The molecule has 0 saturated heterocycles. The van der Waals surface area contributed by atoms with E-state index in [0.717, 1.165) is 5.56 Å². The Morgan fingerprint density at radius 3 is 2.27 bits per heavy atom. The fraction of sp³-hybridized carbons (Fsp3) is 0.200.